The van der Waals surface area contributed by atoms with Crippen LogP contribution in [0.5, 0.6) is 0 Å². The first-order valence-electron chi connectivity index (χ1n) is 6.17. The SMILES string of the molecule is Cc1nc2c(Cl)ncc([C@@H]3N[C@H](CO)[C@@H](O)[C@H]3O)c2s1. The normalized spacial score (nSPS) is 30.2. The van der Waals surface area contributed by atoms with Gasteiger partial charge in [0.1, 0.15) is 11.6 Å². The molecule has 1 saturated heterocycles. The Hall–Kier alpha value is -0.830. The summed E-state index contributed by atoms with van der Waals surface area (Å²) in [4.78, 5) is 8.42. The summed E-state index contributed by atoms with van der Waals surface area (Å²) < 4.78 is 0.838. The zero-order valence-corrected chi connectivity index (χ0v) is 12.2. The average molecular weight is 316 g/mol. The number of nitrogens with one attached hydrogen (secondary N) is 1. The van der Waals surface area contributed by atoms with Crippen LogP contribution < -0.4 is 5.32 Å². The molecule has 0 amide bonds. The lowest BCUT2D eigenvalue weighted by Gasteiger charge is -2.16. The molecule has 4 N–H and O–H groups in total. The van der Waals surface area contributed by atoms with E-state index in [1.165, 1.54) is 11.3 Å². The van der Waals surface area contributed by atoms with Gasteiger partial charge >= 0.3 is 0 Å². The van der Waals surface area contributed by atoms with Crippen LogP contribution in [0.2, 0.25) is 5.15 Å². The lowest BCUT2D eigenvalue weighted by atomic mass is 10.0. The van der Waals surface area contributed by atoms with Crippen molar-refractivity contribution in [2.45, 2.75) is 31.2 Å². The Balaban J connectivity index is 2.09. The van der Waals surface area contributed by atoms with Gasteiger partial charge in [0.15, 0.2) is 5.15 Å². The Kier molecular flexibility index (Phi) is 3.65. The first kappa shape index (κ1) is 14.1. The summed E-state index contributed by atoms with van der Waals surface area (Å²) in [6.07, 6.45) is -0.458. The van der Waals surface area contributed by atoms with Gasteiger partial charge in [0.05, 0.1) is 34.5 Å². The number of halogens is 1. The minimum absolute atomic E-state index is 0.249. The third kappa shape index (κ3) is 2.11. The second-order valence-corrected chi connectivity index (χ2v) is 6.39. The first-order valence-corrected chi connectivity index (χ1v) is 7.37. The lowest BCUT2D eigenvalue weighted by molar-refractivity contribution is 0.0196. The smallest absolute Gasteiger partial charge is 0.156 e. The van der Waals surface area contributed by atoms with Crippen molar-refractivity contribution in [3.05, 3.63) is 21.9 Å². The van der Waals surface area contributed by atoms with E-state index >= 15 is 0 Å². The van der Waals surface area contributed by atoms with Crippen LogP contribution in [0, 0.1) is 6.92 Å². The van der Waals surface area contributed by atoms with Crippen LogP contribution in [0.15, 0.2) is 6.20 Å². The van der Waals surface area contributed by atoms with Gasteiger partial charge in [-0.25, -0.2) is 9.97 Å². The molecule has 0 aromatic carbocycles. The number of aliphatic hydroxyl groups is 3. The number of aliphatic hydroxyl groups excluding tert-OH is 3. The van der Waals surface area contributed by atoms with Crippen molar-refractivity contribution in [3.8, 4) is 0 Å². The molecule has 6 nitrogen and oxygen atoms in total. The molecule has 2 aromatic heterocycles. The number of hydrogen-bond donors (Lipinski definition) is 4. The topological polar surface area (TPSA) is 98.5 Å². The second kappa shape index (κ2) is 5.18. The van der Waals surface area contributed by atoms with E-state index in [-0.39, 0.29) is 6.61 Å². The molecule has 0 aliphatic carbocycles. The van der Waals surface area contributed by atoms with Crippen LogP contribution in [0.1, 0.15) is 16.6 Å². The fraction of sp³-hybridized carbons (Fsp3) is 0.500. The fourth-order valence-corrected chi connectivity index (χ4v) is 3.74. The first-order chi connectivity index (χ1) is 9.52. The second-order valence-electron chi connectivity index (χ2n) is 4.83. The standard InChI is InChI=1S/C12H14ClN3O3S/c1-4-15-8-11(20-4)5(2-14-12(8)13)7-10(19)9(18)6(3-17)16-7/h2,6-7,9-10,16-19H,3H2,1H3/t6-,7+,9-,10+/m1/s1. The average Bonchev–Trinajstić information content (AvgIpc) is 2.94. The molecule has 4 atom stereocenters. The third-order valence-electron chi connectivity index (χ3n) is 3.54. The van der Waals surface area contributed by atoms with Crippen molar-refractivity contribution in [2.75, 3.05) is 6.61 Å². The van der Waals surface area contributed by atoms with E-state index in [0.717, 1.165) is 15.3 Å². The van der Waals surface area contributed by atoms with E-state index in [4.69, 9.17) is 11.6 Å². The molecule has 0 saturated carbocycles. The van der Waals surface area contributed by atoms with Gasteiger partial charge in [-0.05, 0) is 6.92 Å². The van der Waals surface area contributed by atoms with E-state index in [0.29, 0.717) is 10.7 Å². The van der Waals surface area contributed by atoms with Crippen LogP contribution in [-0.4, -0.2) is 50.1 Å². The number of thiazole rings is 1. The molecule has 1 aliphatic rings. The molecule has 0 radical (unpaired) electrons. The van der Waals surface area contributed by atoms with Crippen LogP contribution in [0.25, 0.3) is 10.2 Å². The van der Waals surface area contributed by atoms with Crippen LogP contribution in [0.3, 0.4) is 0 Å². The molecule has 20 heavy (non-hydrogen) atoms. The predicted molar refractivity (Wildman–Crippen MR) is 75.9 cm³/mol. The van der Waals surface area contributed by atoms with E-state index in [2.05, 4.69) is 15.3 Å². The van der Waals surface area contributed by atoms with Crippen molar-refractivity contribution in [2.24, 2.45) is 0 Å². The monoisotopic (exact) mass is 315 g/mol. The van der Waals surface area contributed by atoms with E-state index in [1.54, 1.807) is 6.20 Å². The highest BCUT2D eigenvalue weighted by molar-refractivity contribution is 7.18. The van der Waals surface area contributed by atoms with Gasteiger partial charge < -0.3 is 20.6 Å². The van der Waals surface area contributed by atoms with Crippen LogP contribution in [-0.2, 0) is 0 Å². The summed E-state index contributed by atoms with van der Waals surface area (Å²) in [5.74, 6) is 0. The molecule has 8 heteroatoms. The molecular formula is C12H14ClN3O3S. The van der Waals surface area contributed by atoms with Crippen molar-refractivity contribution < 1.29 is 15.3 Å². The van der Waals surface area contributed by atoms with Crippen molar-refractivity contribution >= 4 is 33.2 Å². The van der Waals surface area contributed by atoms with E-state index < -0.39 is 24.3 Å². The van der Waals surface area contributed by atoms with E-state index in [1.807, 2.05) is 6.92 Å². The molecule has 3 rings (SSSR count). The van der Waals surface area contributed by atoms with Crippen molar-refractivity contribution in [1.29, 1.82) is 0 Å². The minimum atomic E-state index is -1.02. The zero-order chi connectivity index (χ0) is 14.4. The Morgan fingerprint density at radius 3 is 2.80 bits per heavy atom. The van der Waals surface area contributed by atoms with Gasteiger partial charge in [-0.15, -0.1) is 11.3 Å². The molecule has 1 aliphatic heterocycles. The highest BCUT2D eigenvalue weighted by Crippen LogP contribution is 2.36. The molecule has 2 aromatic rings. The van der Waals surface area contributed by atoms with Crippen molar-refractivity contribution in [1.82, 2.24) is 15.3 Å². The Morgan fingerprint density at radius 2 is 2.15 bits per heavy atom. The number of hydrogen-bond acceptors (Lipinski definition) is 7. The van der Waals surface area contributed by atoms with Gasteiger partial charge in [0.2, 0.25) is 0 Å². The summed E-state index contributed by atoms with van der Waals surface area (Å²) in [6.45, 7) is 1.62. The van der Waals surface area contributed by atoms with Crippen LogP contribution in [0.4, 0.5) is 0 Å². The number of rotatable bonds is 2. The highest BCUT2D eigenvalue weighted by atomic mass is 35.5. The predicted octanol–water partition coefficient (Wildman–Crippen LogP) is 0.380. The number of aromatic nitrogens is 2. The molecule has 1 fully saturated rings. The van der Waals surface area contributed by atoms with Gasteiger partial charge in [0.25, 0.3) is 0 Å². The molecule has 0 bridgehead atoms. The zero-order valence-electron chi connectivity index (χ0n) is 10.6. The summed E-state index contributed by atoms with van der Waals surface area (Å²) in [6, 6.07) is -1.07. The Labute approximate surface area is 124 Å². The Bertz CT molecular complexity index is 650. The van der Waals surface area contributed by atoms with Gasteiger partial charge in [-0.3, -0.25) is 0 Å². The van der Waals surface area contributed by atoms with Gasteiger partial charge in [-0.1, -0.05) is 11.6 Å². The maximum absolute atomic E-state index is 10.1. The summed E-state index contributed by atoms with van der Waals surface area (Å²) in [5, 5.41) is 33.4. The summed E-state index contributed by atoms with van der Waals surface area (Å²) in [7, 11) is 0. The van der Waals surface area contributed by atoms with Crippen molar-refractivity contribution in [3.63, 3.8) is 0 Å². The summed E-state index contributed by atoms with van der Waals surface area (Å²) in [5.41, 5.74) is 1.33. The number of pyridine rings is 1. The number of fused-ring (bicyclic) bond motifs is 1. The highest BCUT2D eigenvalue weighted by Gasteiger charge is 2.42. The van der Waals surface area contributed by atoms with Gasteiger partial charge in [0, 0.05) is 11.8 Å². The number of nitrogens with zero attached hydrogens (tertiary/aromatic N) is 2. The third-order valence-corrected chi connectivity index (χ3v) is 4.83. The summed E-state index contributed by atoms with van der Waals surface area (Å²) >= 11 is 7.49. The largest absolute Gasteiger partial charge is 0.395 e. The quantitative estimate of drug-likeness (QED) is 0.598. The fourth-order valence-electron chi connectivity index (χ4n) is 2.53. The van der Waals surface area contributed by atoms with E-state index in [9.17, 15) is 15.3 Å². The maximum Gasteiger partial charge on any atom is 0.156 e. The lowest BCUT2D eigenvalue weighted by Crippen LogP contribution is -2.35. The Morgan fingerprint density at radius 1 is 1.40 bits per heavy atom. The molecule has 0 spiro atoms. The van der Waals surface area contributed by atoms with Gasteiger partial charge in [-0.2, -0.15) is 0 Å². The molecular weight excluding hydrogens is 302 g/mol. The molecule has 0 unspecified atom stereocenters. The maximum atomic E-state index is 10.1. The number of aryl methyl sites for hydroxylation is 1. The minimum Gasteiger partial charge on any atom is -0.395 e. The van der Waals surface area contributed by atoms with Crippen LogP contribution >= 0.6 is 22.9 Å². The molecule has 3 heterocycles. The molecule has 108 valence electrons.